The minimum Gasteiger partial charge on any atom is -0.363 e. The average Bonchev–Trinajstić information content (AvgIpc) is 3.27. The van der Waals surface area contributed by atoms with Crippen LogP contribution in [0.5, 0.6) is 0 Å². The summed E-state index contributed by atoms with van der Waals surface area (Å²) in [5.74, 6) is 1.70. The number of nitrogens with one attached hydrogen (secondary N) is 2. The number of hydrogen-bond acceptors (Lipinski definition) is 4. The van der Waals surface area contributed by atoms with Crippen LogP contribution in [0.25, 0.3) is 5.69 Å². The second-order valence-corrected chi connectivity index (χ2v) is 6.99. The van der Waals surface area contributed by atoms with E-state index in [9.17, 15) is 0 Å². The summed E-state index contributed by atoms with van der Waals surface area (Å²) in [7, 11) is 3.97. The monoisotopic (exact) mass is 519 g/mol. The van der Waals surface area contributed by atoms with Crippen molar-refractivity contribution in [1.29, 1.82) is 0 Å². The molecule has 0 saturated heterocycles. The lowest BCUT2D eigenvalue weighted by atomic mass is 10.1. The van der Waals surface area contributed by atoms with E-state index in [1.54, 1.807) is 6.20 Å². The topological polar surface area (TPSA) is 70.4 Å². The number of nitrogens with zero attached hydrogens (tertiary/aromatic N) is 5. The van der Waals surface area contributed by atoms with Gasteiger partial charge in [-0.25, -0.2) is 14.7 Å². The van der Waals surface area contributed by atoms with Crippen LogP contribution in [0, 0.1) is 0 Å². The van der Waals surface area contributed by atoms with Crippen LogP contribution in [0.15, 0.2) is 65.9 Å². The van der Waals surface area contributed by atoms with Crippen molar-refractivity contribution in [3.8, 4) is 5.69 Å². The summed E-state index contributed by atoms with van der Waals surface area (Å²) in [4.78, 5) is 11.3. The van der Waals surface area contributed by atoms with Crippen molar-refractivity contribution < 1.29 is 0 Å². The van der Waals surface area contributed by atoms with Gasteiger partial charge < -0.3 is 15.5 Å². The summed E-state index contributed by atoms with van der Waals surface area (Å²) in [6.07, 6.45) is 3.72. The van der Waals surface area contributed by atoms with Crippen molar-refractivity contribution in [3.05, 3.63) is 72.2 Å². The Labute approximate surface area is 195 Å². The van der Waals surface area contributed by atoms with Gasteiger partial charge in [-0.05, 0) is 49.7 Å². The SMILES string of the molecule is CCNC(=NCc1cccc(N(C)C)n1)NC(C)c1cccc(-n2cccn2)c1.I. The number of aromatic nitrogens is 3. The highest BCUT2D eigenvalue weighted by Gasteiger charge is 2.09. The quantitative estimate of drug-likeness (QED) is 0.283. The van der Waals surface area contributed by atoms with E-state index in [0.717, 1.165) is 35.3 Å². The lowest BCUT2D eigenvalue weighted by Crippen LogP contribution is -2.38. The van der Waals surface area contributed by atoms with Gasteiger partial charge in [-0.2, -0.15) is 5.10 Å². The van der Waals surface area contributed by atoms with Gasteiger partial charge >= 0.3 is 0 Å². The van der Waals surface area contributed by atoms with Crippen LogP contribution in [0.4, 0.5) is 5.82 Å². The molecule has 0 saturated carbocycles. The fourth-order valence-electron chi connectivity index (χ4n) is 2.93. The van der Waals surface area contributed by atoms with E-state index >= 15 is 0 Å². The van der Waals surface area contributed by atoms with Crippen LogP contribution in [0.1, 0.15) is 31.1 Å². The number of benzene rings is 1. The summed E-state index contributed by atoms with van der Waals surface area (Å²) in [6, 6.07) is 16.3. The van der Waals surface area contributed by atoms with Gasteiger partial charge in [0.2, 0.25) is 0 Å². The van der Waals surface area contributed by atoms with Gasteiger partial charge in [0.15, 0.2) is 5.96 Å². The third kappa shape index (κ3) is 6.45. The molecule has 0 bridgehead atoms. The van der Waals surface area contributed by atoms with Crippen molar-refractivity contribution in [2.75, 3.05) is 25.5 Å². The molecule has 1 unspecified atom stereocenters. The predicted molar refractivity (Wildman–Crippen MR) is 134 cm³/mol. The van der Waals surface area contributed by atoms with E-state index in [2.05, 4.69) is 46.7 Å². The molecule has 3 rings (SSSR count). The molecule has 2 heterocycles. The molecule has 0 radical (unpaired) electrons. The number of aliphatic imine (C=N–C) groups is 1. The predicted octanol–water partition coefficient (Wildman–Crippen LogP) is 3.77. The Morgan fingerprint density at radius 1 is 1.17 bits per heavy atom. The zero-order valence-corrected chi connectivity index (χ0v) is 20.2. The molecule has 0 aliphatic rings. The highest BCUT2D eigenvalue weighted by molar-refractivity contribution is 14.0. The number of hydrogen-bond donors (Lipinski definition) is 2. The second kappa shape index (κ2) is 11.5. The Balaban J connectivity index is 0.00000320. The summed E-state index contributed by atoms with van der Waals surface area (Å²) in [5.41, 5.74) is 3.13. The number of rotatable bonds is 7. The Hall–Kier alpha value is -2.62. The molecular formula is C22H30IN7. The van der Waals surface area contributed by atoms with Crippen LogP contribution < -0.4 is 15.5 Å². The molecule has 0 amide bonds. The number of guanidine groups is 1. The van der Waals surface area contributed by atoms with Crippen LogP contribution >= 0.6 is 24.0 Å². The smallest absolute Gasteiger partial charge is 0.192 e. The molecule has 2 N–H and O–H groups in total. The van der Waals surface area contributed by atoms with Gasteiger partial charge in [0, 0.05) is 33.0 Å². The van der Waals surface area contributed by atoms with Crippen LogP contribution in [-0.4, -0.2) is 41.4 Å². The summed E-state index contributed by atoms with van der Waals surface area (Å²) in [5, 5.41) is 11.1. The highest BCUT2D eigenvalue weighted by atomic mass is 127. The fraction of sp³-hybridized carbons (Fsp3) is 0.318. The van der Waals surface area contributed by atoms with Crippen LogP contribution in [-0.2, 0) is 6.54 Å². The molecule has 1 atom stereocenters. The lowest BCUT2D eigenvalue weighted by Gasteiger charge is -2.19. The molecule has 2 aromatic heterocycles. The Kier molecular flexibility index (Phi) is 9.10. The first-order chi connectivity index (χ1) is 14.1. The van der Waals surface area contributed by atoms with Crippen molar-refractivity contribution in [3.63, 3.8) is 0 Å². The van der Waals surface area contributed by atoms with Crippen LogP contribution in [0.3, 0.4) is 0 Å². The fourth-order valence-corrected chi connectivity index (χ4v) is 2.93. The standard InChI is InChI=1S/C22H29N7.HI/c1-5-23-22(24-16-19-10-7-12-21(27-19)28(3)4)26-17(2)18-9-6-11-20(15-18)29-14-8-13-25-29;/h6-15,17H,5,16H2,1-4H3,(H2,23,24,26);1H. The van der Waals surface area contributed by atoms with Gasteiger partial charge in [-0.1, -0.05) is 18.2 Å². The third-order valence-corrected chi connectivity index (χ3v) is 4.49. The van der Waals surface area contributed by atoms with E-state index in [-0.39, 0.29) is 30.0 Å². The van der Waals surface area contributed by atoms with Crippen molar-refractivity contribution in [1.82, 2.24) is 25.4 Å². The molecule has 3 aromatic rings. The van der Waals surface area contributed by atoms with E-state index < -0.39 is 0 Å². The van der Waals surface area contributed by atoms with Gasteiger partial charge in [0.25, 0.3) is 0 Å². The van der Waals surface area contributed by atoms with Crippen LogP contribution in [0.2, 0.25) is 0 Å². The number of pyridine rings is 1. The first-order valence-corrected chi connectivity index (χ1v) is 9.85. The van der Waals surface area contributed by atoms with E-state index in [0.29, 0.717) is 6.54 Å². The lowest BCUT2D eigenvalue weighted by molar-refractivity contribution is 0.684. The summed E-state index contributed by atoms with van der Waals surface area (Å²) in [6.45, 7) is 5.49. The minimum atomic E-state index is 0. The Morgan fingerprint density at radius 3 is 2.67 bits per heavy atom. The van der Waals surface area contributed by atoms with Crippen molar-refractivity contribution in [2.45, 2.75) is 26.4 Å². The van der Waals surface area contributed by atoms with E-state index in [4.69, 9.17) is 4.99 Å². The molecule has 0 aliphatic heterocycles. The maximum atomic E-state index is 4.72. The Bertz CT molecular complexity index is 938. The summed E-state index contributed by atoms with van der Waals surface area (Å²) < 4.78 is 1.86. The van der Waals surface area contributed by atoms with Crippen molar-refractivity contribution in [2.24, 2.45) is 4.99 Å². The first-order valence-electron chi connectivity index (χ1n) is 9.85. The molecule has 7 nitrogen and oxygen atoms in total. The molecule has 0 aliphatic carbocycles. The van der Waals surface area contributed by atoms with Gasteiger partial charge in [0.1, 0.15) is 5.82 Å². The molecule has 8 heteroatoms. The molecule has 30 heavy (non-hydrogen) atoms. The second-order valence-electron chi connectivity index (χ2n) is 6.99. The zero-order chi connectivity index (χ0) is 20.6. The minimum absolute atomic E-state index is 0. The molecular weight excluding hydrogens is 489 g/mol. The maximum absolute atomic E-state index is 4.72. The van der Waals surface area contributed by atoms with Gasteiger partial charge in [0.05, 0.1) is 24.0 Å². The Morgan fingerprint density at radius 2 is 1.97 bits per heavy atom. The van der Waals surface area contributed by atoms with Crippen molar-refractivity contribution >= 4 is 35.8 Å². The molecule has 0 spiro atoms. The molecule has 160 valence electrons. The first kappa shape index (κ1) is 23.7. The maximum Gasteiger partial charge on any atom is 0.192 e. The molecule has 0 fully saturated rings. The van der Waals surface area contributed by atoms with Gasteiger partial charge in [-0.15, -0.1) is 24.0 Å². The average molecular weight is 519 g/mol. The van der Waals surface area contributed by atoms with E-state index in [1.807, 2.05) is 66.3 Å². The third-order valence-electron chi connectivity index (χ3n) is 4.49. The largest absolute Gasteiger partial charge is 0.363 e. The number of anilines is 1. The zero-order valence-electron chi connectivity index (χ0n) is 17.9. The highest BCUT2D eigenvalue weighted by Crippen LogP contribution is 2.16. The molecule has 1 aromatic carbocycles. The van der Waals surface area contributed by atoms with Gasteiger partial charge in [-0.3, -0.25) is 0 Å². The van der Waals surface area contributed by atoms with E-state index in [1.165, 1.54) is 0 Å². The normalized spacial score (nSPS) is 12.1. The summed E-state index contributed by atoms with van der Waals surface area (Å²) >= 11 is 0. The number of halogens is 1.